The van der Waals surface area contributed by atoms with Gasteiger partial charge in [-0.15, -0.1) is 0 Å². The molecule has 5 nitrogen and oxygen atoms in total. The Balaban J connectivity index is 1.02. The lowest BCUT2D eigenvalue weighted by atomic mass is 10.0. The smallest absolute Gasteiger partial charge is 0.101 e. The SMILES string of the molecule is N#Cc1ccc2c3ccccc3n(-c3ccc4c(c3)c3ccccc3n4-c3ccc(-c4ccc(-n5c6ccccc6c6ccccc65)c(C#N)c4)cc3)c2c1. The molecule has 0 spiro atoms. The van der Waals surface area contributed by atoms with Gasteiger partial charge in [0.2, 0.25) is 0 Å². The van der Waals surface area contributed by atoms with Crippen molar-refractivity contribution in [3.8, 4) is 40.3 Å². The molecule has 3 aromatic heterocycles. The average Bonchev–Trinajstić information content (AvgIpc) is 3.88. The molecular weight excluding hydrogens is 671 g/mol. The number of aromatic nitrogens is 3. The summed E-state index contributed by atoms with van der Waals surface area (Å²) in [5, 5.41) is 27.1. The quantitative estimate of drug-likeness (QED) is 0.184. The van der Waals surface area contributed by atoms with E-state index in [4.69, 9.17) is 0 Å². The van der Waals surface area contributed by atoms with Gasteiger partial charge in [0.15, 0.2) is 0 Å². The molecule has 0 aliphatic carbocycles. The van der Waals surface area contributed by atoms with Gasteiger partial charge in [-0.3, -0.25) is 0 Å². The molecule has 0 radical (unpaired) electrons. The fraction of sp³-hybridized carbons (Fsp3) is 0. The maximum Gasteiger partial charge on any atom is 0.101 e. The Labute approximate surface area is 316 Å². The third kappa shape index (κ3) is 4.51. The van der Waals surface area contributed by atoms with Crippen molar-refractivity contribution in [1.82, 2.24) is 13.7 Å². The highest BCUT2D eigenvalue weighted by molar-refractivity contribution is 6.13. The number of hydrogen-bond donors (Lipinski definition) is 0. The second-order valence-corrected chi connectivity index (χ2v) is 14.0. The normalized spacial score (nSPS) is 11.6. The standard InChI is InChI=1S/C50H29N5/c51-30-32-17-24-42-40-11-1-5-13-45(40)54(50(42)27-32)37-23-26-49-43(29-37)41-12-4-6-14-46(41)53(49)36-21-18-33(19-22-36)34-20-25-44(35(28-34)31-52)55-47-15-7-2-9-38(47)39-10-3-8-16-48(39)55/h1-29H. The minimum Gasteiger partial charge on any atom is -0.309 e. The van der Waals surface area contributed by atoms with Crippen LogP contribution in [-0.2, 0) is 0 Å². The lowest BCUT2D eigenvalue weighted by molar-refractivity contribution is 1.16. The molecule has 8 aromatic carbocycles. The van der Waals surface area contributed by atoms with Gasteiger partial charge in [-0.25, -0.2) is 0 Å². The summed E-state index contributed by atoms with van der Waals surface area (Å²) in [4.78, 5) is 0. The molecule has 0 aliphatic rings. The van der Waals surface area contributed by atoms with Crippen molar-refractivity contribution in [1.29, 1.82) is 10.5 Å². The maximum absolute atomic E-state index is 10.4. The molecule has 0 saturated heterocycles. The van der Waals surface area contributed by atoms with E-state index in [-0.39, 0.29) is 0 Å². The first-order valence-corrected chi connectivity index (χ1v) is 18.3. The Bertz CT molecular complexity index is 3400. The fourth-order valence-electron chi connectivity index (χ4n) is 8.68. The Morgan fingerprint density at radius 2 is 0.818 bits per heavy atom. The zero-order valence-electron chi connectivity index (χ0n) is 29.5. The van der Waals surface area contributed by atoms with Crippen molar-refractivity contribution in [2.24, 2.45) is 0 Å². The summed E-state index contributed by atoms with van der Waals surface area (Å²) in [6.45, 7) is 0. The molecule has 0 saturated carbocycles. The fourth-order valence-corrected chi connectivity index (χ4v) is 8.68. The molecule has 55 heavy (non-hydrogen) atoms. The van der Waals surface area contributed by atoms with E-state index in [1.165, 1.54) is 16.2 Å². The van der Waals surface area contributed by atoms with Gasteiger partial charge in [-0.05, 0) is 90.0 Å². The molecule has 11 rings (SSSR count). The van der Waals surface area contributed by atoms with E-state index in [2.05, 4.69) is 171 Å². The molecule has 0 fully saturated rings. The monoisotopic (exact) mass is 699 g/mol. The Hall–Kier alpha value is -7.86. The van der Waals surface area contributed by atoms with Crippen LogP contribution in [0.25, 0.3) is 93.6 Å². The van der Waals surface area contributed by atoms with Crippen molar-refractivity contribution in [3.05, 3.63) is 187 Å². The second-order valence-electron chi connectivity index (χ2n) is 14.0. The maximum atomic E-state index is 10.4. The van der Waals surface area contributed by atoms with Gasteiger partial charge in [0.1, 0.15) is 6.07 Å². The summed E-state index contributed by atoms with van der Waals surface area (Å²) in [5.41, 5.74) is 12.8. The molecule has 0 atom stereocenters. The lowest BCUT2D eigenvalue weighted by Gasteiger charge is -2.13. The van der Waals surface area contributed by atoms with Gasteiger partial charge >= 0.3 is 0 Å². The average molecular weight is 700 g/mol. The van der Waals surface area contributed by atoms with Gasteiger partial charge in [0.05, 0.1) is 56.0 Å². The highest BCUT2D eigenvalue weighted by Gasteiger charge is 2.18. The zero-order valence-corrected chi connectivity index (χ0v) is 29.5. The first-order valence-electron chi connectivity index (χ1n) is 18.3. The molecule has 0 bridgehead atoms. The van der Waals surface area contributed by atoms with E-state index >= 15 is 0 Å². The number of para-hydroxylation sites is 4. The molecule has 0 aliphatic heterocycles. The second kappa shape index (κ2) is 11.8. The van der Waals surface area contributed by atoms with Gasteiger partial charge < -0.3 is 13.7 Å². The van der Waals surface area contributed by atoms with Gasteiger partial charge in [-0.2, -0.15) is 10.5 Å². The van der Waals surface area contributed by atoms with Crippen LogP contribution >= 0.6 is 0 Å². The molecule has 254 valence electrons. The first kappa shape index (κ1) is 30.7. The molecular formula is C50H29N5. The summed E-state index contributed by atoms with van der Waals surface area (Å²) in [6, 6.07) is 66.0. The number of fused-ring (bicyclic) bond motifs is 9. The number of nitriles is 2. The number of benzene rings is 8. The number of hydrogen-bond acceptors (Lipinski definition) is 2. The Kier molecular flexibility index (Phi) is 6.61. The largest absolute Gasteiger partial charge is 0.309 e. The van der Waals surface area contributed by atoms with Crippen LogP contribution in [-0.4, -0.2) is 13.7 Å². The highest BCUT2D eigenvalue weighted by atomic mass is 15.0. The van der Waals surface area contributed by atoms with Crippen molar-refractivity contribution >= 4 is 65.4 Å². The van der Waals surface area contributed by atoms with Gasteiger partial charge in [0, 0.05) is 43.7 Å². The predicted molar refractivity (Wildman–Crippen MR) is 224 cm³/mol. The molecule has 5 heteroatoms. The molecule has 0 unspecified atom stereocenters. The van der Waals surface area contributed by atoms with Crippen molar-refractivity contribution in [2.45, 2.75) is 0 Å². The minimum absolute atomic E-state index is 0.624. The zero-order chi connectivity index (χ0) is 36.6. The molecule has 0 N–H and O–H groups in total. The number of rotatable bonds is 4. The van der Waals surface area contributed by atoms with E-state index in [0.29, 0.717) is 11.1 Å². The van der Waals surface area contributed by atoms with Crippen LogP contribution in [0.15, 0.2) is 176 Å². The molecule has 11 aromatic rings. The Morgan fingerprint density at radius 3 is 1.42 bits per heavy atom. The van der Waals surface area contributed by atoms with Crippen LogP contribution in [0.3, 0.4) is 0 Å². The first-order chi connectivity index (χ1) is 27.2. The van der Waals surface area contributed by atoms with Crippen LogP contribution in [0.1, 0.15) is 11.1 Å². The van der Waals surface area contributed by atoms with Crippen molar-refractivity contribution in [2.75, 3.05) is 0 Å². The third-order valence-electron chi connectivity index (χ3n) is 11.1. The summed E-state index contributed by atoms with van der Waals surface area (Å²) in [6.07, 6.45) is 0. The topological polar surface area (TPSA) is 62.4 Å². The summed E-state index contributed by atoms with van der Waals surface area (Å²) in [7, 11) is 0. The minimum atomic E-state index is 0.624. The Morgan fingerprint density at radius 1 is 0.327 bits per heavy atom. The van der Waals surface area contributed by atoms with Gasteiger partial charge in [0.25, 0.3) is 0 Å². The van der Waals surface area contributed by atoms with E-state index < -0.39 is 0 Å². The van der Waals surface area contributed by atoms with Gasteiger partial charge in [-0.1, -0.05) is 97.1 Å². The third-order valence-corrected chi connectivity index (χ3v) is 11.1. The molecule has 0 amide bonds. The van der Waals surface area contributed by atoms with Crippen LogP contribution in [0.4, 0.5) is 0 Å². The summed E-state index contributed by atoms with van der Waals surface area (Å²) >= 11 is 0. The van der Waals surface area contributed by atoms with Crippen LogP contribution in [0, 0.1) is 22.7 Å². The van der Waals surface area contributed by atoms with E-state index in [0.717, 1.165) is 77.4 Å². The lowest BCUT2D eigenvalue weighted by Crippen LogP contribution is -1.98. The van der Waals surface area contributed by atoms with E-state index in [1.807, 2.05) is 30.3 Å². The van der Waals surface area contributed by atoms with E-state index in [9.17, 15) is 10.5 Å². The van der Waals surface area contributed by atoms with Crippen LogP contribution in [0.5, 0.6) is 0 Å². The van der Waals surface area contributed by atoms with Crippen molar-refractivity contribution < 1.29 is 0 Å². The van der Waals surface area contributed by atoms with Crippen LogP contribution in [0.2, 0.25) is 0 Å². The summed E-state index contributed by atoms with van der Waals surface area (Å²) in [5.74, 6) is 0. The van der Waals surface area contributed by atoms with Crippen molar-refractivity contribution in [3.63, 3.8) is 0 Å². The number of nitrogens with zero attached hydrogens (tertiary/aromatic N) is 5. The summed E-state index contributed by atoms with van der Waals surface area (Å²) < 4.78 is 6.80. The predicted octanol–water partition coefficient (Wildman–Crippen LogP) is 12.4. The molecule has 3 heterocycles. The highest BCUT2D eigenvalue weighted by Crippen LogP contribution is 2.38. The van der Waals surface area contributed by atoms with E-state index in [1.54, 1.807) is 0 Å². The van der Waals surface area contributed by atoms with Crippen LogP contribution < -0.4 is 0 Å².